The van der Waals surface area contributed by atoms with Gasteiger partial charge in [0.2, 0.25) is 0 Å². The third-order valence-electron chi connectivity index (χ3n) is 4.58. The Morgan fingerprint density at radius 3 is 2.38 bits per heavy atom. The van der Waals surface area contributed by atoms with E-state index >= 15 is 0 Å². The van der Waals surface area contributed by atoms with Gasteiger partial charge in [-0.1, -0.05) is 18.8 Å². The molecule has 1 rings (SSSR count). The first-order valence-electron chi connectivity index (χ1n) is 8.72. The average molecular weight is 339 g/mol. The van der Waals surface area contributed by atoms with Gasteiger partial charge in [0.15, 0.2) is 0 Å². The van der Waals surface area contributed by atoms with Crippen LogP contribution in [0.5, 0.6) is 0 Å². The van der Waals surface area contributed by atoms with Crippen LogP contribution in [-0.2, 0) is 6.54 Å². The van der Waals surface area contributed by atoms with Crippen LogP contribution in [0.15, 0.2) is 12.4 Å². The monoisotopic (exact) mass is 339 g/mol. The zero-order valence-corrected chi connectivity index (χ0v) is 15.9. The molecule has 0 saturated carbocycles. The Morgan fingerprint density at radius 2 is 1.83 bits per heavy atom. The molecule has 0 radical (unpaired) electrons. The zero-order chi connectivity index (χ0) is 18.4. The van der Waals surface area contributed by atoms with E-state index in [1.807, 2.05) is 0 Å². The van der Waals surface area contributed by atoms with Gasteiger partial charge in [-0.2, -0.15) is 0 Å². The van der Waals surface area contributed by atoms with E-state index in [2.05, 4.69) is 57.2 Å². The van der Waals surface area contributed by atoms with Crippen LogP contribution in [0.1, 0.15) is 54.4 Å². The highest BCUT2D eigenvalue weighted by Crippen LogP contribution is 2.15. The van der Waals surface area contributed by atoms with E-state index in [0.717, 1.165) is 25.9 Å². The number of nitro groups is 1. The number of hydrogen-bond acceptors (Lipinski definition) is 5. The minimum Gasteiger partial charge on any atom is -0.390 e. The number of nitrogens with zero attached hydrogens (tertiary/aromatic N) is 3. The summed E-state index contributed by atoms with van der Waals surface area (Å²) in [5.41, 5.74) is 0.0802. The molecular weight excluding hydrogens is 306 g/mol. The molecule has 0 fully saturated rings. The average Bonchev–Trinajstić information content (AvgIpc) is 2.98. The summed E-state index contributed by atoms with van der Waals surface area (Å²) in [6, 6.07) is 0. The molecule has 2 N–H and O–H groups in total. The maximum Gasteiger partial charge on any atom is 0.434 e. The number of aromatic nitrogens is 2. The zero-order valence-electron chi connectivity index (χ0n) is 15.9. The van der Waals surface area contributed by atoms with Crippen LogP contribution < -0.4 is 10.6 Å². The topological polar surface area (TPSA) is 85.0 Å². The summed E-state index contributed by atoms with van der Waals surface area (Å²) in [6.45, 7) is 15.6. The predicted molar refractivity (Wildman–Crippen MR) is 97.1 cm³/mol. The molecule has 0 aromatic carbocycles. The van der Waals surface area contributed by atoms with E-state index < -0.39 is 4.92 Å². The molecule has 0 saturated heterocycles. The van der Waals surface area contributed by atoms with Gasteiger partial charge >= 0.3 is 5.95 Å². The largest absolute Gasteiger partial charge is 0.434 e. The Kier molecular flexibility index (Phi) is 7.35. The summed E-state index contributed by atoms with van der Waals surface area (Å²) in [6.07, 6.45) is 5.03. The summed E-state index contributed by atoms with van der Waals surface area (Å²) in [5, 5.41) is 18.1. The normalized spacial score (nSPS) is 13.9. The molecular formula is C17H33N5O2. The lowest BCUT2D eigenvalue weighted by atomic mass is 9.98. The second kappa shape index (κ2) is 8.58. The van der Waals surface area contributed by atoms with E-state index in [0.29, 0.717) is 12.5 Å². The fourth-order valence-electron chi connectivity index (χ4n) is 2.23. The van der Waals surface area contributed by atoms with Gasteiger partial charge in [-0.05, 0) is 64.5 Å². The van der Waals surface area contributed by atoms with E-state index in [1.165, 1.54) is 6.20 Å². The van der Waals surface area contributed by atoms with Crippen LogP contribution in [0, 0.1) is 16.0 Å². The molecule has 0 aliphatic heterocycles. The highest BCUT2D eigenvalue weighted by molar-refractivity contribution is 5.06. The maximum absolute atomic E-state index is 10.9. The quantitative estimate of drug-likeness (QED) is 0.478. The van der Waals surface area contributed by atoms with Crippen molar-refractivity contribution in [3.05, 3.63) is 22.5 Å². The highest BCUT2D eigenvalue weighted by atomic mass is 16.6. The Balaban J connectivity index is 2.40. The molecule has 0 aliphatic carbocycles. The number of aryl methyl sites for hydroxylation is 1. The van der Waals surface area contributed by atoms with E-state index in [1.54, 1.807) is 10.8 Å². The van der Waals surface area contributed by atoms with Gasteiger partial charge in [0.1, 0.15) is 12.4 Å². The summed E-state index contributed by atoms with van der Waals surface area (Å²) in [4.78, 5) is 14.2. The predicted octanol–water partition coefficient (Wildman–Crippen LogP) is 2.96. The number of nitrogens with one attached hydrogen (secondary N) is 2. The highest BCUT2D eigenvalue weighted by Gasteiger charge is 2.22. The maximum atomic E-state index is 10.9. The molecule has 24 heavy (non-hydrogen) atoms. The molecule has 0 amide bonds. The molecule has 0 spiro atoms. The van der Waals surface area contributed by atoms with Crippen molar-refractivity contribution in [1.82, 2.24) is 20.2 Å². The standard InChI is InChI=1S/C17H33N5O2/c1-7-16(3,4)19-12-14(2)13-20-17(5,6)8-10-21-11-9-18-15(21)22(23)24/h9,11,14,19-20H,7-8,10,12-13H2,1-6H3. The van der Waals surface area contributed by atoms with Crippen LogP contribution in [0.2, 0.25) is 0 Å². The number of hydrogen-bond donors (Lipinski definition) is 2. The molecule has 138 valence electrons. The first-order valence-corrected chi connectivity index (χ1v) is 8.72. The molecule has 1 unspecified atom stereocenters. The molecule has 1 aromatic heterocycles. The molecule has 1 aromatic rings. The number of imidazole rings is 1. The minimum absolute atomic E-state index is 0.0906. The van der Waals surface area contributed by atoms with Gasteiger partial charge in [0.05, 0.1) is 6.54 Å². The summed E-state index contributed by atoms with van der Waals surface area (Å²) < 4.78 is 1.60. The Morgan fingerprint density at radius 1 is 1.25 bits per heavy atom. The van der Waals surface area contributed by atoms with Crippen molar-refractivity contribution in [2.75, 3.05) is 13.1 Å². The van der Waals surface area contributed by atoms with E-state index in [4.69, 9.17) is 0 Å². The van der Waals surface area contributed by atoms with Crippen molar-refractivity contribution in [3.63, 3.8) is 0 Å². The van der Waals surface area contributed by atoms with Crippen LogP contribution in [-0.4, -0.2) is 38.6 Å². The lowest BCUT2D eigenvalue weighted by Crippen LogP contribution is -2.46. The third kappa shape index (κ3) is 6.97. The molecule has 1 heterocycles. The van der Waals surface area contributed by atoms with E-state index in [9.17, 15) is 10.1 Å². The SMILES string of the molecule is CCC(C)(C)NCC(C)CNC(C)(C)CCn1ccnc1[N+](=O)[O-]. The van der Waals surface area contributed by atoms with Gasteiger partial charge < -0.3 is 20.7 Å². The smallest absolute Gasteiger partial charge is 0.390 e. The summed E-state index contributed by atoms with van der Waals surface area (Å²) in [7, 11) is 0. The van der Waals surface area contributed by atoms with E-state index in [-0.39, 0.29) is 17.0 Å². The lowest BCUT2D eigenvalue weighted by Gasteiger charge is -2.30. The van der Waals surface area contributed by atoms with Gasteiger partial charge in [0.25, 0.3) is 0 Å². The van der Waals surface area contributed by atoms with Crippen LogP contribution in [0.4, 0.5) is 5.95 Å². The number of rotatable bonds is 11. The lowest BCUT2D eigenvalue weighted by molar-refractivity contribution is -0.396. The van der Waals surface area contributed by atoms with Crippen LogP contribution in [0.3, 0.4) is 0 Å². The van der Waals surface area contributed by atoms with Crippen molar-refractivity contribution in [2.45, 2.75) is 72.0 Å². The fourth-order valence-corrected chi connectivity index (χ4v) is 2.23. The summed E-state index contributed by atoms with van der Waals surface area (Å²) in [5.74, 6) is 0.419. The van der Waals surface area contributed by atoms with Gasteiger partial charge in [0, 0.05) is 11.1 Å². The van der Waals surface area contributed by atoms with Gasteiger partial charge in [-0.3, -0.25) is 0 Å². The van der Waals surface area contributed by atoms with Crippen LogP contribution >= 0.6 is 0 Å². The molecule has 7 nitrogen and oxygen atoms in total. The van der Waals surface area contributed by atoms with Crippen molar-refractivity contribution >= 4 is 5.95 Å². The van der Waals surface area contributed by atoms with Crippen molar-refractivity contribution in [1.29, 1.82) is 0 Å². The van der Waals surface area contributed by atoms with Crippen LogP contribution in [0.25, 0.3) is 0 Å². The van der Waals surface area contributed by atoms with Crippen molar-refractivity contribution < 1.29 is 4.92 Å². The van der Waals surface area contributed by atoms with Crippen molar-refractivity contribution in [3.8, 4) is 0 Å². The first kappa shape index (κ1) is 20.6. The Labute approximate surface area is 145 Å². The molecule has 0 bridgehead atoms. The minimum atomic E-state index is -0.441. The second-order valence-corrected chi connectivity index (χ2v) is 7.92. The Bertz CT molecular complexity index is 525. The van der Waals surface area contributed by atoms with Gasteiger partial charge in [-0.15, -0.1) is 0 Å². The third-order valence-corrected chi connectivity index (χ3v) is 4.58. The first-order chi connectivity index (χ1) is 11.1. The fraction of sp³-hybridized carbons (Fsp3) is 0.824. The molecule has 0 aliphatic rings. The molecule has 1 atom stereocenters. The van der Waals surface area contributed by atoms with Gasteiger partial charge in [-0.25, -0.2) is 4.57 Å². The van der Waals surface area contributed by atoms with Crippen molar-refractivity contribution in [2.24, 2.45) is 5.92 Å². The second-order valence-electron chi connectivity index (χ2n) is 7.92. The molecule has 7 heteroatoms. The summed E-state index contributed by atoms with van der Waals surface area (Å²) >= 11 is 0. The Hall–Kier alpha value is -1.47.